The van der Waals surface area contributed by atoms with Crippen molar-refractivity contribution in [2.45, 2.75) is 19.3 Å². The van der Waals surface area contributed by atoms with Crippen LogP contribution in [0.1, 0.15) is 25.0 Å². The lowest BCUT2D eigenvalue weighted by Crippen LogP contribution is -2.17. The number of benzene rings is 7. The lowest BCUT2D eigenvalue weighted by Gasteiger charge is -2.32. The lowest BCUT2D eigenvalue weighted by molar-refractivity contribution is 0.662. The van der Waals surface area contributed by atoms with Gasteiger partial charge in [0.25, 0.3) is 0 Å². The second-order valence-electron chi connectivity index (χ2n) is 12.8. The largest absolute Gasteiger partial charge is 0.310 e. The molecule has 0 saturated heterocycles. The highest BCUT2D eigenvalue weighted by Gasteiger charge is 2.40. The van der Waals surface area contributed by atoms with Crippen LogP contribution in [0.25, 0.3) is 22.3 Å². The lowest BCUT2D eigenvalue weighted by atomic mass is 9.78. The number of anilines is 6. The van der Waals surface area contributed by atoms with Gasteiger partial charge in [0.05, 0.1) is 5.69 Å². The molecule has 0 spiro atoms. The topological polar surface area (TPSA) is 6.48 Å². The summed E-state index contributed by atoms with van der Waals surface area (Å²) in [6.07, 6.45) is 0. The highest BCUT2D eigenvalue weighted by Crippen LogP contribution is 2.57. The Labute approximate surface area is 288 Å². The van der Waals surface area contributed by atoms with E-state index in [1.807, 2.05) is 12.1 Å². The van der Waals surface area contributed by atoms with Gasteiger partial charge in [-0.15, -0.1) is 0 Å². The van der Waals surface area contributed by atoms with E-state index in [2.05, 4.69) is 187 Å². The van der Waals surface area contributed by atoms with E-state index in [1.54, 1.807) is 0 Å². The Hall–Kier alpha value is -5.57. The molecule has 0 fully saturated rings. The zero-order valence-corrected chi connectivity index (χ0v) is 27.8. The van der Waals surface area contributed by atoms with E-state index in [4.69, 9.17) is 11.6 Å². The molecule has 0 unspecified atom stereocenters. The third kappa shape index (κ3) is 5.15. The zero-order chi connectivity index (χ0) is 32.7. The maximum absolute atomic E-state index is 6.72. The highest BCUT2D eigenvalue weighted by molar-refractivity contribution is 6.30. The predicted molar refractivity (Wildman–Crippen MR) is 204 cm³/mol. The second kappa shape index (κ2) is 12.2. The van der Waals surface area contributed by atoms with Crippen molar-refractivity contribution in [1.82, 2.24) is 0 Å². The molecule has 0 aromatic heterocycles. The summed E-state index contributed by atoms with van der Waals surface area (Å²) in [5, 5.41) is 0.696. The summed E-state index contributed by atoms with van der Waals surface area (Å²) in [5.41, 5.74) is 13.9. The van der Waals surface area contributed by atoms with E-state index in [-0.39, 0.29) is 5.41 Å². The van der Waals surface area contributed by atoms with Crippen molar-refractivity contribution in [3.63, 3.8) is 0 Å². The van der Waals surface area contributed by atoms with Crippen molar-refractivity contribution in [1.29, 1.82) is 0 Å². The van der Waals surface area contributed by atoms with Gasteiger partial charge >= 0.3 is 0 Å². The predicted octanol–water partition coefficient (Wildman–Crippen LogP) is 13.3. The third-order valence-corrected chi connectivity index (χ3v) is 9.68. The summed E-state index contributed by atoms with van der Waals surface area (Å²) in [7, 11) is 0. The first-order chi connectivity index (χ1) is 23.5. The van der Waals surface area contributed by atoms with Crippen LogP contribution in [0.5, 0.6) is 0 Å². The van der Waals surface area contributed by atoms with E-state index in [0.717, 1.165) is 34.1 Å². The van der Waals surface area contributed by atoms with Gasteiger partial charge < -0.3 is 9.80 Å². The molecule has 8 rings (SSSR count). The summed E-state index contributed by atoms with van der Waals surface area (Å²) in [6.45, 7) is 4.71. The van der Waals surface area contributed by atoms with Crippen molar-refractivity contribution in [3.8, 4) is 22.3 Å². The Kier molecular flexibility index (Phi) is 7.59. The SMILES string of the molecule is CC1(C)c2ccccc2-c2c(N(c3cccc(Cl)c3)c3cccc(N(c4ccccc4)c4ccccc4)c3)ccc(-c3ccccc3)c21. The maximum atomic E-state index is 6.72. The molecule has 48 heavy (non-hydrogen) atoms. The Morgan fingerprint density at radius 1 is 0.438 bits per heavy atom. The Morgan fingerprint density at radius 2 is 0.958 bits per heavy atom. The molecule has 232 valence electrons. The normalized spacial score (nSPS) is 12.6. The summed E-state index contributed by atoms with van der Waals surface area (Å²) in [4.78, 5) is 4.68. The fraction of sp³-hybridized carbons (Fsp3) is 0.0667. The maximum Gasteiger partial charge on any atom is 0.0543 e. The molecule has 7 aromatic rings. The molecule has 1 aliphatic carbocycles. The standard InChI is InChI=1S/C45H35ClN2/c1-45(2)41-27-13-12-26-40(41)43-42(29-28-39(44(43)45)32-16-6-3-7-17-32)48(36-23-14-18-33(46)30-36)38-25-15-24-37(31-38)47(34-19-8-4-9-20-34)35-21-10-5-11-22-35/h3-31H,1-2H3. The minimum atomic E-state index is -0.202. The summed E-state index contributed by atoms with van der Waals surface area (Å²) >= 11 is 6.72. The molecule has 0 atom stereocenters. The number of hydrogen-bond acceptors (Lipinski definition) is 2. The van der Waals surface area contributed by atoms with E-state index in [0.29, 0.717) is 5.02 Å². The summed E-state index contributed by atoms with van der Waals surface area (Å²) in [5.74, 6) is 0. The molecule has 0 radical (unpaired) electrons. The van der Waals surface area contributed by atoms with Crippen LogP contribution >= 0.6 is 11.6 Å². The van der Waals surface area contributed by atoms with Crippen LogP contribution in [0.3, 0.4) is 0 Å². The van der Waals surface area contributed by atoms with Gasteiger partial charge in [-0.25, -0.2) is 0 Å². The second-order valence-corrected chi connectivity index (χ2v) is 13.2. The van der Waals surface area contributed by atoms with Crippen LogP contribution in [0.2, 0.25) is 5.02 Å². The average Bonchev–Trinajstić information content (AvgIpc) is 3.37. The molecule has 7 aromatic carbocycles. The zero-order valence-electron chi connectivity index (χ0n) is 27.0. The van der Waals surface area contributed by atoms with E-state index in [1.165, 1.54) is 33.4 Å². The highest BCUT2D eigenvalue weighted by atomic mass is 35.5. The number of nitrogens with zero attached hydrogens (tertiary/aromatic N) is 2. The van der Waals surface area contributed by atoms with E-state index in [9.17, 15) is 0 Å². The molecule has 1 aliphatic rings. The van der Waals surface area contributed by atoms with Gasteiger partial charge in [-0.1, -0.05) is 135 Å². The third-order valence-electron chi connectivity index (χ3n) is 9.45. The fourth-order valence-corrected chi connectivity index (χ4v) is 7.54. The van der Waals surface area contributed by atoms with Crippen LogP contribution in [0, 0.1) is 0 Å². The van der Waals surface area contributed by atoms with Gasteiger partial charge in [-0.3, -0.25) is 0 Å². The van der Waals surface area contributed by atoms with Crippen LogP contribution < -0.4 is 9.80 Å². The Balaban J connectivity index is 1.39. The number of hydrogen-bond donors (Lipinski definition) is 0. The first kappa shape index (κ1) is 29.8. The Morgan fingerprint density at radius 3 is 1.60 bits per heavy atom. The Bertz CT molecular complexity index is 2190. The van der Waals surface area contributed by atoms with Gasteiger partial charge in [0, 0.05) is 44.4 Å². The van der Waals surface area contributed by atoms with Gasteiger partial charge in [-0.05, 0) is 94.5 Å². The van der Waals surface area contributed by atoms with Crippen molar-refractivity contribution in [2.24, 2.45) is 0 Å². The first-order valence-electron chi connectivity index (χ1n) is 16.4. The number of rotatable bonds is 7. The average molecular weight is 639 g/mol. The summed E-state index contributed by atoms with van der Waals surface area (Å²) < 4.78 is 0. The van der Waals surface area contributed by atoms with Crippen molar-refractivity contribution < 1.29 is 0 Å². The number of para-hydroxylation sites is 2. The molecule has 0 N–H and O–H groups in total. The van der Waals surface area contributed by atoms with Crippen LogP contribution in [0.15, 0.2) is 176 Å². The quantitative estimate of drug-likeness (QED) is 0.171. The first-order valence-corrected chi connectivity index (χ1v) is 16.8. The van der Waals surface area contributed by atoms with Crippen LogP contribution in [0.4, 0.5) is 34.1 Å². The van der Waals surface area contributed by atoms with Crippen molar-refractivity contribution in [3.05, 3.63) is 192 Å². The summed E-state index contributed by atoms with van der Waals surface area (Å²) in [6, 6.07) is 62.3. The minimum absolute atomic E-state index is 0.202. The molecule has 0 aliphatic heterocycles. The van der Waals surface area contributed by atoms with Crippen LogP contribution in [-0.4, -0.2) is 0 Å². The number of fused-ring (bicyclic) bond motifs is 3. The molecule has 3 heteroatoms. The fourth-order valence-electron chi connectivity index (χ4n) is 7.35. The minimum Gasteiger partial charge on any atom is -0.310 e. The molecule has 0 heterocycles. The molecule has 0 bridgehead atoms. The van der Waals surface area contributed by atoms with Crippen molar-refractivity contribution in [2.75, 3.05) is 9.80 Å². The molecule has 2 nitrogen and oxygen atoms in total. The van der Waals surface area contributed by atoms with Gasteiger partial charge in [0.15, 0.2) is 0 Å². The molecular weight excluding hydrogens is 604 g/mol. The molecular formula is C45H35ClN2. The van der Waals surface area contributed by atoms with Gasteiger partial charge in [0.2, 0.25) is 0 Å². The van der Waals surface area contributed by atoms with E-state index >= 15 is 0 Å². The monoisotopic (exact) mass is 638 g/mol. The molecule has 0 saturated carbocycles. The van der Waals surface area contributed by atoms with Gasteiger partial charge in [0.1, 0.15) is 0 Å². The van der Waals surface area contributed by atoms with Gasteiger partial charge in [-0.2, -0.15) is 0 Å². The van der Waals surface area contributed by atoms with E-state index < -0.39 is 0 Å². The van der Waals surface area contributed by atoms with Crippen LogP contribution in [-0.2, 0) is 5.41 Å². The smallest absolute Gasteiger partial charge is 0.0543 e. The molecule has 0 amide bonds. The number of halogens is 1. The van der Waals surface area contributed by atoms with Crippen molar-refractivity contribution >= 4 is 45.7 Å².